The number of hydrogen-bond donors (Lipinski definition) is 2. The summed E-state index contributed by atoms with van der Waals surface area (Å²) in [5.74, 6) is -0.983. The van der Waals surface area contributed by atoms with Gasteiger partial charge in [0.15, 0.2) is 0 Å². The molecular weight excluding hydrogens is 244 g/mol. The molecule has 0 fully saturated rings. The van der Waals surface area contributed by atoms with Crippen molar-refractivity contribution in [3.05, 3.63) is 35.9 Å². The minimum absolute atomic E-state index is 0.221. The van der Waals surface area contributed by atoms with E-state index in [1.165, 1.54) is 0 Å². The zero-order chi connectivity index (χ0) is 12.9. The van der Waals surface area contributed by atoms with E-state index in [-0.39, 0.29) is 6.42 Å². The van der Waals surface area contributed by atoms with Crippen LogP contribution in [0.5, 0.6) is 0 Å². The Morgan fingerprint density at radius 3 is 2.53 bits per heavy atom. The molecule has 7 heteroatoms. The molecule has 1 unspecified atom stereocenters. The lowest BCUT2D eigenvalue weighted by Crippen LogP contribution is -2.38. The highest BCUT2D eigenvalue weighted by Crippen LogP contribution is 2.03. The predicted molar refractivity (Wildman–Crippen MR) is 62.2 cm³/mol. The van der Waals surface area contributed by atoms with Gasteiger partial charge in [-0.05, 0) is 12.0 Å². The minimum Gasteiger partial charge on any atom is -0.332 e. The number of carbonyl (C=O) groups excluding carboxylic acids is 1. The maximum absolute atomic E-state index is 11.4. The summed E-state index contributed by atoms with van der Waals surface area (Å²) in [6, 6.07) is 8.01. The van der Waals surface area contributed by atoms with E-state index in [0.717, 1.165) is 12.6 Å². The summed E-state index contributed by atoms with van der Waals surface area (Å²) in [6.45, 7) is 0. The maximum Gasteiger partial charge on any atom is 0.384 e. The van der Waals surface area contributed by atoms with Crippen molar-refractivity contribution < 1.29 is 17.4 Å². The van der Waals surface area contributed by atoms with Gasteiger partial charge in [-0.15, -0.1) is 0 Å². The average molecular weight is 258 g/mol. The SMILES string of the molecule is CNS(=O)(=O)OC(=O)C(N)Cc1ccccc1. The van der Waals surface area contributed by atoms with Crippen molar-refractivity contribution in [1.82, 2.24) is 4.72 Å². The maximum atomic E-state index is 11.4. The summed E-state index contributed by atoms with van der Waals surface area (Å²) >= 11 is 0. The first-order chi connectivity index (χ1) is 7.94. The molecular formula is C10H14N2O4S. The van der Waals surface area contributed by atoms with Gasteiger partial charge < -0.3 is 9.92 Å². The summed E-state index contributed by atoms with van der Waals surface area (Å²) in [4.78, 5) is 11.4. The second kappa shape index (κ2) is 5.76. The third-order valence-corrected chi connectivity index (χ3v) is 2.93. The fourth-order valence-electron chi connectivity index (χ4n) is 1.16. The van der Waals surface area contributed by atoms with E-state index in [4.69, 9.17) is 5.73 Å². The normalized spacial score (nSPS) is 13.1. The highest BCUT2D eigenvalue weighted by molar-refractivity contribution is 7.85. The van der Waals surface area contributed by atoms with E-state index in [0.29, 0.717) is 0 Å². The second-order valence-electron chi connectivity index (χ2n) is 3.36. The van der Waals surface area contributed by atoms with Gasteiger partial charge in [-0.1, -0.05) is 30.3 Å². The molecule has 0 aliphatic carbocycles. The van der Waals surface area contributed by atoms with Crippen LogP contribution in [0.4, 0.5) is 0 Å². The Morgan fingerprint density at radius 2 is 2.00 bits per heavy atom. The van der Waals surface area contributed by atoms with E-state index < -0.39 is 22.3 Å². The van der Waals surface area contributed by atoms with Gasteiger partial charge in [0.1, 0.15) is 6.04 Å². The molecule has 1 rings (SSSR count). The quantitative estimate of drug-likeness (QED) is 0.746. The lowest BCUT2D eigenvalue weighted by atomic mass is 10.1. The van der Waals surface area contributed by atoms with Crippen molar-refractivity contribution >= 4 is 16.3 Å². The van der Waals surface area contributed by atoms with Crippen molar-refractivity contribution in [3.63, 3.8) is 0 Å². The van der Waals surface area contributed by atoms with Crippen molar-refractivity contribution in [2.75, 3.05) is 7.05 Å². The smallest absolute Gasteiger partial charge is 0.332 e. The van der Waals surface area contributed by atoms with Gasteiger partial charge in [0.25, 0.3) is 0 Å². The Morgan fingerprint density at radius 1 is 1.41 bits per heavy atom. The fraction of sp³-hybridized carbons (Fsp3) is 0.300. The topological polar surface area (TPSA) is 98.5 Å². The van der Waals surface area contributed by atoms with Crippen molar-refractivity contribution in [3.8, 4) is 0 Å². The Labute approximate surface area is 100 Å². The molecule has 0 bridgehead atoms. The number of nitrogens with one attached hydrogen (secondary N) is 1. The van der Waals surface area contributed by atoms with Crippen LogP contribution in [0.25, 0.3) is 0 Å². The van der Waals surface area contributed by atoms with E-state index in [2.05, 4.69) is 4.18 Å². The number of carbonyl (C=O) groups is 1. The van der Waals surface area contributed by atoms with Crippen LogP contribution in [0.15, 0.2) is 30.3 Å². The first-order valence-corrected chi connectivity index (χ1v) is 6.32. The van der Waals surface area contributed by atoms with Gasteiger partial charge >= 0.3 is 16.3 Å². The molecule has 0 saturated heterocycles. The van der Waals surface area contributed by atoms with Crippen molar-refractivity contribution in [2.45, 2.75) is 12.5 Å². The molecule has 0 heterocycles. The predicted octanol–water partition coefficient (Wildman–Crippen LogP) is -0.436. The molecule has 0 spiro atoms. The van der Waals surface area contributed by atoms with Gasteiger partial charge in [-0.25, -0.2) is 4.79 Å². The Balaban J connectivity index is 2.60. The van der Waals surface area contributed by atoms with E-state index >= 15 is 0 Å². The van der Waals surface area contributed by atoms with Crippen molar-refractivity contribution in [2.24, 2.45) is 5.73 Å². The second-order valence-corrected chi connectivity index (χ2v) is 4.84. The Bertz CT molecular complexity index is 472. The number of rotatable bonds is 5. The van der Waals surface area contributed by atoms with Crippen LogP contribution in [-0.4, -0.2) is 27.5 Å². The van der Waals surface area contributed by atoms with Gasteiger partial charge in [0.2, 0.25) is 0 Å². The summed E-state index contributed by atoms with van der Waals surface area (Å²) < 4.78 is 28.0. The highest BCUT2D eigenvalue weighted by Gasteiger charge is 2.21. The number of nitrogens with two attached hydrogens (primary N) is 1. The lowest BCUT2D eigenvalue weighted by Gasteiger charge is -2.10. The summed E-state index contributed by atoms with van der Waals surface area (Å²) in [7, 11) is -2.89. The van der Waals surface area contributed by atoms with E-state index in [1.54, 1.807) is 24.3 Å². The van der Waals surface area contributed by atoms with Gasteiger partial charge in [-0.2, -0.15) is 13.1 Å². The van der Waals surface area contributed by atoms with Gasteiger partial charge in [-0.3, -0.25) is 0 Å². The van der Waals surface area contributed by atoms with Crippen LogP contribution in [0.1, 0.15) is 5.56 Å². The third kappa shape index (κ3) is 4.51. The molecule has 0 saturated carbocycles. The van der Waals surface area contributed by atoms with Gasteiger partial charge in [0, 0.05) is 7.05 Å². The van der Waals surface area contributed by atoms with E-state index in [9.17, 15) is 13.2 Å². The largest absolute Gasteiger partial charge is 0.384 e. The number of benzene rings is 1. The van der Waals surface area contributed by atoms with Gasteiger partial charge in [0.05, 0.1) is 0 Å². The molecule has 1 aromatic carbocycles. The molecule has 3 N–H and O–H groups in total. The van der Waals surface area contributed by atoms with E-state index in [1.807, 2.05) is 10.8 Å². The van der Waals surface area contributed by atoms with Crippen molar-refractivity contribution in [1.29, 1.82) is 0 Å². The summed E-state index contributed by atoms with van der Waals surface area (Å²) in [5, 5.41) is 0. The highest BCUT2D eigenvalue weighted by atomic mass is 32.2. The zero-order valence-corrected chi connectivity index (χ0v) is 10.1. The molecule has 0 aliphatic rings. The molecule has 1 atom stereocenters. The molecule has 6 nitrogen and oxygen atoms in total. The standard InChI is InChI=1S/C10H14N2O4S/c1-12-17(14,15)16-10(13)9(11)7-8-5-3-2-4-6-8/h2-6,9,12H,7,11H2,1H3. The molecule has 0 aliphatic heterocycles. The lowest BCUT2D eigenvalue weighted by molar-refractivity contribution is -0.135. The molecule has 0 aromatic heterocycles. The molecule has 94 valence electrons. The van der Waals surface area contributed by atoms with Crippen LogP contribution in [0.3, 0.4) is 0 Å². The van der Waals surface area contributed by atoms with Crippen LogP contribution >= 0.6 is 0 Å². The molecule has 17 heavy (non-hydrogen) atoms. The van der Waals surface area contributed by atoms with Crippen LogP contribution in [-0.2, 0) is 25.7 Å². The zero-order valence-electron chi connectivity index (χ0n) is 9.29. The first-order valence-electron chi connectivity index (χ1n) is 4.91. The Kier molecular flexibility index (Phi) is 4.62. The van der Waals surface area contributed by atoms with Crippen LogP contribution < -0.4 is 10.5 Å². The third-order valence-electron chi connectivity index (χ3n) is 2.04. The summed E-state index contributed by atoms with van der Waals surface area (Å²) in [6.07, 6.45) is 0.221. The molecule has 0 radical (unpaired) electrons. The monoisotopic (exact) mass is 258 g/mol. The van der Waals surface area contributed by atoms with Crippen LogP contribution in [0, 0.1) is 0 Å². The van der Waals surface area contributed by atoms with Crippen LogP contribution in [0.2, 0.25) is 0 Å². The summed E-state index contributed by atoms with van der Waals surface area (Å²) in [5.41, 5.74) is 6.38. The Hall–Kier alpha value is -1.44. The number of hydrogen-bond acceptors (Lipinski definition) is 5. The fourth-order valence-corrected chi connectivity index (χ4v) is 1.59. The average Bonchev–Trinajstić information content (AvgIpc) is 2.30. The molecule has 1 aromatic rings. The minimum atomic E-state index is -4.04. The first kappa shape index (κ1) is 13.6. The molecule has 0 amide bonds.